The Kier molecular flexibility index (Phi) is 5.33. The second-order valence-corrected chi connectivity index (χ2v) is 7.51. The van der Waals surface area contributed by atoms with E-state index in [-0.39, 0.29) is 23.7 Å². The number of amides is 2. The Labute approximate surface area is 158 Å². The van der Waals surface area contributed by atoms with Crippen LogP contribution in [-0.2, 0) is 9.59 Å². The van der Waals surface area contributed by atoms with Crippen LogP contribution in [0.5, 0.6) is 0 Å². The second-order valence-electron chi connectivity index (χ2n) is 5.82. The van der Waals surface area contributed by atoms with E-state index in [0.29, 0.717) is 21.6 Å². The van der Waals surface area contributed by atoms with Crippen molar-refractivity contribution in [2.75, 3.05) is 16.4 Å². The lowest BCUT2D eigenvalue weighted by Gasteiger charge is -2.23. The first kappa shape index (κ1) is 18.5. The van der Waals surface area contributed by atoms with Gasteiger partial charge in [0.05, 0.1) is 11.5 Å². The fraction of sp³-hybridized carbons (Fsp3) is 0.294. The molecule has 2 heterocycles. The molecule has 0 saturated heterocycles. The minimum atomic E-state index is -0.922. The molecule has 0 saturated carbocycles. The molecule has 0 fully saturated rings. The minimum absolute atomic E-state index is 0.122. The average molecular weight is 393 g/mol. The molecule has 1 aliphatic rings. The fourth-order valence-electron chi connectivity index (χ4n) is 2.73. The lowest BCUT2D eigenvalue weighted by Crippen LogP contribution is -2.36. The number of nitrogens with zero attached hydrogens (tertiary/aromatic N) is 1. The third-order valence-electron chi connectivity index (χ3n) is 3.98. The van der Waals surface area contributed by atoms with E-state index in [1.54, 1.807) is 18.2 Å². The van der Waals surface area contributed by atoms with Crippen molar-refractivity contribution in [1.82, 2.24) is 9.97 Å². The normalized spacial score (nSPS) is 16.0. The maximum Gasteiger partial charge on any atom is 0.257 e. The molecule has 1 aromatic carbocycles. The fourth-order valence-corrected chi connectivity index (χ4v) is 3.49. The highest BCUT2D eigenvalue weighted by Crippen LogP contribution is 2.31. The Morgan fingerprint density at radius 3 is 2.92 bits per heavy atom. The molecule has 3 rings (SSSR count). The van der Waals surface area contributed by atoms with Gasteiger partial charge in [-0.25, -0.2) is 4.98 Å². The number of benzene rings is 1. The number of anilines is 2. The summed E-state index contributed by atoms with van der Waals surface area (Å²) in [5.74, 6) is -0.869. The van der Waals surface area contributed by atoms with E-state index in [2.05, 4.69) is 20.6 Å². The van der Waals surface area contributed by atoms with E-state index in [1.165, 1.54) is 11.8 Å². The number of carbonyl (C=O) groups excluding carboxylic acids is 2. The Hall–Kier alpha value is -2.32. The largest absolute Gasteiger partial charge is 0.325 e. The number of hydrogen-bond donors (Lipinski definition) is 3. The van der Waals surface area contributed by atoms with Crippen molar-refractivity contribution in [3.8, 4) is 0 Å². The standard InChI is InChI=1S/C17H17ClN4O3S/c1-3-26-17-21-14-13(16(25)22-17)10(7-12(23)20-14)15(24)19-11-6-9(18)5-4-8(11)2/h4-6,10H,3,7H2,1-2H3,(H,19,24)(H2,20,21,22,23,25)/t10-/m0/s1. The van der Waals surface area contributed by atoms with Crippen LogP contribution in [0.2, 0.25) is 5.02 Å². The molecule has 2 aromatic rings. The van der Waals surface area contributed by atoms with Crippen LogP contribution < -0.4 is 16.2 Å². The Morgan fingerprint density at radius 1 is 1.42 bits per heavy atom. The van der Waals surface area contributed by atoms with Gasteiger partial charge in [-0.15, -0.1) is 0 Å². The summed E-state index contributed by atoms with van der Waals surface area (Å²) in [5, 5.41) is 6.23. The number of rotatable bonds is 4. The van der Waals surface area contributed by atoms with Crippen molar-refractivity contribution in [1.29, 1.82) is 0 Å². The van der Waals surface area contributed by atoms with E-state index in [0.717, 1.165) is 5.56 Å². The highest BCUT2D eigenvalue weighted by Gasteiger charge is 2.34. The van der Waals surface area contributed by atoms with Gasteiger partial charge in [-0.3, -0.25) is 14.4 Å². The zero-order valence-electron chi connectivity index (χ0n) is 14.2. The van der Waals surface area contributed by atoms with Crippen LogP contribution in [0.15, 0.2) is 28.2 Å². The van der Waals surface area contributed by atoms with Gasteiger partial charge in [-0.05, 0) is 30.4 Å². The molecule has 26 heavy (non-hydrogen) atoms. The lowest BCUT2D eigenvalue weighted by molar-refractivity contribution is -0.123. The summed E-state index contributed by atoms with van der Waals surface area (Å²) in [4.78, 5) is 44.2. The number of hydrogen-bond acceptors (Lipinski definition) is 5. The highest BCUT2D eigenvalue weighted by molar-refractivity contribution is 7.99. The topological polar surface area (TPSA) is 104 Å². The summed E-state index contributed by atoms with van der Waals surface area (Å²) >= 11 is 7.33. The van der Waals surface area contributed by atoms with E-state index in [1.807, 2.05) is 13.8 Å². The van der Waals surface area contributed by atoms with E-state index < -0.39 is 17.4 Å². The summed E-state index contributed by atoms with van der Waals surface area (Å²) < 4.78 is 0. The second kappa shape index (κ2) is 7.51. The van der Waals surface area contributed by atoms with Crippen LogP contribution in [0, 0.1) is 6.92 Å². The quantitative estimate of drug-likeness (QED) is 0.548. The predicted molar refractivity (Wildman–Crippen MR) is 102 cm³/mol. The molecule has 0 spiro atoms. The van der Waals surface area contributed by atoms with Gasteiger partial charge < -0.3 is 15.6 Å². The number of aryl methyl sites for hydroxylation is 1. The van der Waals surface area contributed by atoms with E-state index >= 15 is 0 Å². The molecule has 0 bridgehead atoms. The molecule has 2 amide bonds. The molecule has 1 aliphatic heterocycles. The van der Waals surface area contributed by atoms with Crippen molar-refractivity contribution in [3.63, 3.8) is 0 Å². The first-order valence-corrected chi connectivity index (χ1v) is 9.39. The molecule has 0 radical (unpaired) electrons. The van der Waals surface area contributed by atoms with Crippen LogP contribution in [-0.4, -0.2) is 27.5 Å². The van der Waals surface area contributed by atoms with Gasteiger partial charge in [0.15, 0.2) is 5.16 Å². The number of nitrogens with one attached hydrogen (secondary N) is 3. The predicted octanol–water partition coefficient (Wildman–Crippen LogP) is 2.91. The van der Waals surface area contributed by atoms with Crippen LogP contribution in [0.4, 0.5) is 11.5 Å². The number of thioether (sulfide) groups is 1. The zero-order valence-corrected chi connectivity index (χ0v) is 15.8. The smallest absolute Gasteiger partial charge is 0.257 e. The van der Waals surface area contributed by atoms with Crippen molar-refractivity contribution >= 4 is 46.7 Å². The number of aromatic amines is 1. The molecule has 0 unspecified atom stereocenters. The van der Waals surface area contributed by atoms with Gasteiger partial charge in [0.1, 0.15) is 5.82 Å². The van der Waals surface area contributed by atoms with Gasteiger partial charge in [0.25, 0.3) is 5.56 Å². The molecule has 1 atom stereocenters. The molecule has 9 heteroatoms. The number of carbonyl (C=O) groups is 2. The Morgan fingerprint density at radius 2 is 2.19 bits per heavy atom. The van der Waals surface area contributed by atoms with Crippen molar-refractivity contribution in [3.05, 3.63) is 44.7 Å². The molecule has 0 aliphatic carbocycles. The molecule has 3 N–H and O–H groups in total. The van der Waals surface area contributed by atoms with Crippen LogP contribution in [0.25, 0.3) is 0 Å². The monoisotopic (exact) mass is 392 g/mol. The summed E-state index contributed by atoms with van der Waals surface area (Å²) in [6, 6.07) is 5.13. The summed E-state index contributed by atoms with van der Waals surface area (Å²) in [5.41, 5.74) is 1.11. The van der Waals surface area contributed by atoms with Gasteiger partial charge in [0, 0.05) is 17.1 Å². The molecular formula is C17H17ClN4O3S. The number of H-pyrrole nitrogens is 1. The summed E-state index contributed by atoms with van der Waals surface area (Å²) in [7, 11) is 0. The van der Waals surface area contributed by atoms with Gasteiger partial charge in [0.2, 0.25) is 11.8 Å². The highest BCUT2D eigenvalue weighted by atomic mass is 35.5. The van der Waals surface area contributed by atoms with Crippen molar-refractivity contribution < 1.29 is 9.59 Å². The zero-order chi connectivity index (χ0) is 18.8. The third-order valence-corrected chi connectivity index (χ3v) is 4.97. The van der Waals surface area contributed by atoms with E-state index in [4.69, 9.17) is 11.6 Å². The van der Waals surface area contributed by atoms with Crippen LogP contribution in [0.3, 0.4) is 0 Å². The summed E-state index contributed by atoms with van der Waals surface area (Å²) in [6.45, 7) is 3.75. The molecule has 7 nitrogen and oxygen atoms in total. The molecule has 136 valence electrons. The summed E-state index contributed by atoms with van der Waals surface area (Å²) in [6.07, 6.45) is -0.122. The van der Waals surface area contributed by atoms with E-state index in [9.17, 15) is 14.4 Å². The van der Waals surface area contributed by atoms with Crippen LogP contribution in [0.1, 0.15) is 30.4 Å². The third kappa shape index (κ3) is 3.76. The van der Waals surface area contributed by atoms with Gasteiger partial charge >= 0.3 is 0 Å². The molecular weight excluding hydrogens is 376 g/mol. The minimum Gasteiger partial charge on any atom is -0.325 e. The lowest BCUT2D eigenvalue weighted by atomic mass is 9.92. The first-order chi connectivity index (χ1) is 12.4. The van der Waals surface area contributed by atoms with Crippen molar-refractivity contribution in [2.45, 2.75) is 31.3 Å². The number of aromatic nitrogens is 2. The Bertz CT molecular complexity index is 944. The maximum atomic E-state index is 12.8. The maximum absolute atomic E-state index is 12.8. The average Bonchev–Trinajstić information content (AvgIpc) is 2.57. The first-order valence-electron chi connectivity index (χ1n) is 8.03. The Balaban J connectivity index is 1.96. The van der Waals surface area contributed by atoms with Crippen LogP contribution >= 0.6 is 23.4 Å². The SMILES string of the molecule is CCSc1nc2c(c(=O)[nH]1)[C@@H](C(=O)Nc1cc(Cl)ccc1C)CC(=O)N2. The van der Waals surface area contributed by atoms with Gasteiger partial charge in [-0.2, -0.15) is 0 Å². The van der Waals surface area contributed by atoms with Gasteiger partial charge in [-0.1, -0.05) is 36.4 Å². The number of halogens is 1. The number of fused-ring (bicyclic) bond motifs is 1. The molecule has 1 aromatic heterocycles. The van der Waals surface area contributed by atoms with Crippen molar-refractivity contribution in [2.24, 2.45) is 0 Å².